The minimum Gasteiger partial charge on any atom is -0.397 e. The van der Waals surface area contributed by atoms with E-state index in [0.717, 1.165) is 5.82 Å². The molecule has 1 atom stereocenters. The van der Waals surface area contributed by atoms with Crippen LogP contribution in [0.3, 0.4) is 0 Å². The lowest BCUT2D eigenvalue weighted by molar-refractivity contribution is 0.208. The number of rotatable bonds is 3. The Morgan fingerprint density at radius 3 is 2.92 bits per heavy atom. The number of aliphatic hydroxyl groups excluding tert-OH is 1. The van der Waals surface area contributed by atoms with Gasteiger partial charge in [0.15, 0.2) is 0 Å². The van der Waals surface area contributed by atoms with Gasteiger partial charge in [0.2, 0.25) is 0 Å². The normalized spacial score (nSPS) is 12.5. The molecule has 0 aromatic carbocycles. The lowest BCUT2D eigenvalue weighted by Crippen LogP contribution is -2.15. The van der Waals surface area contributed by atoms with Gasteiger partial charge in [-0.1, -0.05) is 0 Å². The summed E-state index contributed by atoms with van der Waals surface area (Å²) in [4.78, 5) is 4.00. The van der Waals surface area contributed by atoms with Crippen LogP contribution in [0.15, 0.2) is 18.3 Å². The highest BCUT2D eigenvalue weighted by Gasteiger charge is 1.95. The van der Waals surface area contributed by atoms with Gasteiger partial charge in [-0.2, -0.15) is 0 Å². The average molecular weight is 167 g/mol. The summed E-state index contributed by atoms with van der Waals surface area (Å²) in [5, 5.41) is 11.9. The standard InChI is InChI=1S/C8H13N3O/c1-6(12)4-10-8-3-2-7(9)5-11-8/h2-3,5-6,12H,4,9H2,1H3,(H,10,11). The summed E-state index contributed by atoms with van der Waals surface area (Å²) in [6, 6.07) is 3.54. The van der Waals surface area contributed by atoms with E-state index in [1.165, 1.54) is 0 Å². The zero-order chi connectivity index (χ0) is 8.97. The largest absolute Gasteiger partial charge is 0.397 e. The molecule has 4 N–H and O–H groups in total. The Morgan fingerprint density at radius 1 is 1.67 bits per heavy atom. The molecule has 0 saturated carbocycles. The SMILES string of the molecule is CC(O)CNc1ccc(N)cn1. The van der Waals surface area contributed by atoms with Crippen molar-refractivity contribution in [2.45, 2.75) is 13.0 Å². The minimum absolute atomic E-state index is 0.371. The van der Waals surface area contributed by atoms with Crippen molar-refractivity contribution in [3.05, 3.63) is 18.3 Å². The number of hydrogen-bond donors (Lipinski definition) is 3. The number of hydrogen-bond acceptors (Lipinski definition) is 4. The van der Waals surface area contributed by atoms with Gasteiger partial charge in [-0.25, -0.2) is 4.98 Å². The molecule has 0 spiro atoms. The highest BCUT2D eigenvalue weighted by Crippen LogP contribution is 2.05. The Hall–Kier alpha value is -1.29. The maximum atomic E-state index is 8.95. The van der Waals surface area contributed by atoms with Gasteiger partial charge >= 0.3 is 0 Å². The number of aromatic nitrogens is 1. The summed E-state index contributed by atoms with van der Waals surface area (Å²) in [6.45, 7) is 2.21. The van der Waals surface area contributed by atoms with Crippen LogP contribution in [0.1, 0.15) is 6.92 Å². The summed E-state index contributed by atoms with van der Waals surface area (Å²) in [7, 11) is 0. The Labute approximate surface area is 71.4 Å². The van der Waals surface area contributed by atoms with E-state index >= 15 is 0 Å². The van der Waals surface area contributed by atoms with E-state index in [-0.39, 0.29) is 6.10 Å². The number of anilines is 2. The summed E-state index contributed by atoms with van der Waals surface area (Å²) in [6.07, 6.45) is 1.20. The van der Waals surface area contributed by atoms with Crippen LogP contribution in [-0.2, 0) is 0 Å². The first-order valence-electron chi connectivity index (χ1n) is 3.82. The maximum absolute atomic E-state index is 8.95. The van der Waals surface area contributed by atoms with Crippen molar-refractivity contribution in [3.8, 4) is 0 Å². The van der Waals surface area contributed by atoms with Crippen LogP contribution in [0.4, 0.5) is 11.5 Å². The smallest absolute Gasteiger partial charge is 0.126 e. The molecule has 4 heteroatoms. The molecule has 0 aliphatic carbocycles. The molecule has 66 valence electrons. The van der Waals surface area contributed by atoms with E-state index < -0.39 is 0 Å². The molecule has 1 aromatic heterocycles. The van der Waals surface area contributed by atoms with Gasteiger partial charge in [0.25, 0.3) is 0 Å². The minimum atomic E-state index is -0.371. The highest BCUT2D eigenvalue weighted by atomic mass is 16.3. The van der Waals surface area contributed by atoms with Gasteiger partial charge in [0, 0.05) is 6.54 Å². The first kappa shape index (κ1) is 8.80. The van der Waals surface area contributed by atoms with Crippen molar-refractivity contribution in [2.75, 3.05) is 17.6 Å². The number of nitrogens with zero attached hydrogens (tertiary/aromatic N) is 1. The number of nitrogen functional groups attached to an aromatic ring is 1. The van der Waals surface area contributed by atoms with Crippen LogP contribution in [0.5, 0.6) is 0 Å². The van der Waals surface area contributed by atoms with E-state index in [1.54, 1.807) is 25.3 Å². The highest BCUT2D eigenvalue weighted by molar-refractivity contribution is 5.43. The molecule has 0 radical (unpaired) electrons. The van der Waals surface area contributed by atoms with Crippen molar-refractivity contribution in [1.82, 2.24) is 4.98 Å². The van der Waals surface area contributed by atoms with Crippen molar-refractivity contribution < 1.29 is 5.11 Å². The zero-order valence-electron chi connectivity index (χ0n) is 6.99. The molecule has 0 fully saturated rings. The van der Waals surface area contributed by atoms with E-state index in [9.17, 15) is 0 Å². The molecular formula is C8H13N3O. The fraction of sp³-hybridized carbons (Fsp3) is 0.375. The van der Waals surface area contributed by atoms with Gasteiger partial charge in [0.05, 0.1) is 18.0 Å². The first-order valence-corrected chi connectivity index (χ1v) is 3.82. The second-order valence-electron chi connectivity index (χ2n) is 2.71. The molecule has 4 nitrogen and oxygen atoms in total. The van der Waals surface area contributed by atoms with E-state index in [4.69, 9.17) is 10.8 Å². The van der Waals surface area contributed by atoms with Crippen LogP contribution in [0.2, 0.25) is 0 Å². The van der Waals surface area contributed by atoms with Gasteiger partial charge < -0.3 is 16.2 Å². The van der Waals surface area contributed by atoms with E-state index in [2.05, 4.69) is 10.3 Å². The molecule has 1 aromatic rings. The van der Waals surface area contributed by atoms with Gasteiger partial charge in [-0.3, -0.25) is 0 Å². The third-order valence-corrected chi connectivity index (χ3v) is 1.36. The summed E-state index contributed by atoms with van der Waals surface area (Å²) in [5.74, 6) is 0.727. The molecule has 1 rings (SSSR count). The first-order chi connectivity index (χ1) is 5.68. The van der Waals surface area contributed by atoms with Crippen molar-refractivity contribution in [2.24, 2.45) is 0 Å². The Bertz CT molecular complexity index is 233. The van der Waals surface area contributed by atoms with Crippen LogP contribution in [0.25, 0.3) is 0 Å². The van der Waals surface area contributed by atoms with Crippen molar-refractivity contribution in [3.63, 3.8) is 0 Å². The van der Waals surface area contributed by atoms with Crippen LogP contribution in [0, 0.1) is 0 Å². The topological polar surface area (TPSA) is 71.2 Å². The second-order valence-corrected chi connectivity index (χ2v) is 2.71. The van der Waals surface area contributed by atoms with Gasteiger partial charge in [0.1, 0.15) is 5.82 Å². The van der Waals surface area contributed by atoms with Crippen molar-refractivity contribution >= 4 is 11.5 Å². The van der Waals surface area contributed by atoms with E-state index in [1.807, 2.05) is 0 Å². The molecule has 0 aliphatic heterocycles. The molecule has 0 amide bonds. The lowest BCUT2D eigenvalue weighted by Gasteiger charge is -2.06. The maximum Gasteiger partial charge on any atom is 0.126 e. The predicted molar refractivity (Wildman–Crippen MR) is 48.8 cm³/mol. The number of nitrogens with two attached hydrogens (primary N) is 1. The number of nitrogens with one attached hydrogen (secondary N) is 1. The molecule has 0 saturated heterocycles. The van der Waals surface area contributed by atoms with Gasteiger partial charge in [-0.15, -0.1) is 0 Å². The molecular weight excluding hydrogens is 154 g/mol. The van der Waals surface area contributed by atoms with E-state index in [0.29, 0.717) is 12.2 Å². The van der Waals surface area contributed by atoms with Crippen LogP contribution >= 0.6 is 0 Å². The fourth-order valence-corrected chi connectivity index (χ4v) is 0.762. The molecule has 0 bridgehead atoms. The Balaban J connectivity index is 2.48. The van der Waals surface area contributed by atoms with Crippen LogP contribution in [-0.4, -0.2) is 22.7 Å². The quantitative estimate of drug-likeness (QED) is 0.611. The molecule has 12 heavy (non-hydrogen) atoms. The van der Waals surface area contributed by atoms with Crippen molar-refractivity contribution in [1.29, 1.82) is 0 Å². The predicted octanol–water partition coefficient (Wildman–Crippen LogP) is 0.457. The third kappa shape index (κ3) is 2.75. The fourth-order valence-electron chi connectivity index (χ4n) is 0.762. The molecule has 0 aliphatic rings. The average Bonchev–Trinajstić information content (AvgIpc) is 2.03. The number of aliphatic hydroxyl groups is 1. The number of pyridine rings is 1. The monoisotopic (exact) mass is 167 g/mol. The molecule has 1 unspecified atom stereocenters. The third-order valence-electron chi connectivity index (χ3n) is 1.36. The Kier molecular flexibility index (Phi) is 2.88. The summed E-state index contributed by atoms with van der Waals surface area (Å²) < 4.78 is 0. The second kappa shape index (κ2) is 3.92. The lowest BCUT2D eigenvalue weighted by atomic mass is 10.4. The zero-order valence-corrected chi connectivity index (χ0v) is 6.99. The van der Waals surface area contributed by atoms with Crippen LogP contribution < -0.4 is 11.1 Å². The molecule has 1 heterocycles. The Morgan fingerprint density at radius 2 is 2.42 bits per heavy atom. The summed E-state index contributed by atoms with van der Waals surface area (Å²) >= 11 is 0. The van der Waals surface area contributed by atoms with Gasteiger partial charge in [-0.05, 0) is 19.1 Å². The summed E-state index contributed by atoms with van der Waals surface area (Å²) in [5.41, 5.74) is 6.08.